The van der Waals surface area contributed by atoms with Crippen molar-refractivity contribution in [2.24, 2.45) is 17.6 Å². The first-order valence-electron chi connectivity index (χ1n) is 5.93. The molecule has 17 heavy (non-hydrogen) atoms. The molecule has 4 nitrogen and oxygen atoms in total. The zero-order valence-corrected chi connectivity index (χ0v) is 11.1. The van der Waals surface area contributed by atoms with E-state index in [-0.39, 0.29) is 0 Å². The first-order valence-corrected chi connectivity index (χ1v) is 6.74. The summed E-state index contributed by atoms with van der Waals surface area (Å²) in [4.78, 5) is 14.0. The number of nitrogen functional groups attached to an aromatic ring is 1. The first-order chi connectivity index (χ1) is 7.99. The molecule has 2 atom stereocenters. The van der Waals surface area contributed by atoms with Crippen molar-refractivity contribution in [2.75, 3.05) is 23.7 Å². The fourth-order valence-corrected chi connectivity index (χ4v) is 3.17. The van der Waals surface area contributed by atoms with E-state index < -0.39 is 5.91 Å². The Bertz CT molecular complexity index is 429. The molecule has 0 bridgehead atoms. The van der Waals surface area contributed by atoms with Crippen LogP contribution in [0.4, 0.5) is 10.7 Å². The quantitative estimate of drug-likeness (QED) is 0.845. The molecule has 1 aromatic rings. The zero-order valence-electron chi connectivity index (χ0n) is 10.3. The van der Waals surface area contributed by atoms with Crippen LogP contribution in [-0.2, 0) is 0 Å². The van der Waals surface area contributed by atoms with Crippen LogP contribution < -0.4 is 16.4 Å². The van der Waals surface area contributed by atoms with Gasteiger partial charge in [0.05, 0.1) is 10.7 Å². The van der Waals surface area contributed by atoms with E-state index in [2.05, 4.69) is 18.7 Å². The normalized spacial score (nSPS) is 24.9. The number of amides is 1. The number of rotatable bonds is 2. The first kappa shape index (κ1) is 12.2. The van der Waals surface area contributed by atoms with E-state index in [9.17, 15) is 4.79 Å². The monoisotopic (exact) mass is 253 g/mol. The number of piperidine rings is 1. The maximum absolute atomic E-state index is 11.2. The molecule has 1 fully saturated rings. The summed E-state index contributed by atoms with van der Waals surface area (Å²) in [6.45, 7) is 6.62. The van der Waals surface area contributed by atoms with Gasteiger partial charge in [0.2, 0.25) is 0 Å². The summed E-state index contributed by atoms with van der Waals surface area (Å²) in [5, 5.41) is 1.06. The summed E-state index contributed by atoms with van der Waals surface area (Å²) >= 11 is 1.40. The Morgan fingerprint density at radius 3 is 2.71 bits per heavy atom. The van der Waals surface area contributed by atoms with Crippen LogP contribution in [-0.4, -0.2) is 19.0 Å². The van der Waals surface area contributed by atoms with Crippen molar-refractivity contribution in [3.8, 4) is 0 Å². The Morgan fingerprint density at radius 1 is 1.47 bits per heavy atom. The van der Waals surface area contributed by atoms with E-state index in [0.717, 1.165) is 24.0 Å². The molecule has 2 rings (SSSR count). The average Bonchev–Trinajstić information content (AvgIpc) is 2.64. The Balaban J connectivity index is 2.18. The Kier molecular flexibility index (Phi) is 3.28. The predicted molar refractivity (Wildman–Crippen MR) is 72.4 cm³/mol. The Hall–Kier alpha value is -1.23. The third-order valence-electron chi connectivity index (χ3n) is 3.62. The van der Waals surface area contributed by atoms with Crippen LogP contribution >= 0.6 is 11.3 Å². The van der Waals surface area contributed by atoms with Crippen molar-refractivity contribution in [2.45, 2.75) is 20.3 Å². The van der Waals surface area contributed by atoms with Gasteiger partial charge < -0.3 is 16.4 Å². The van der Waals surface area contributed by atoms with E-state index in [1.807, 2.05) is 6.07 Å². The lowest BCUT2D eigenvalue weighted by molar-refractivity contribution is 0.100. The van der Waals surface area contributed by atoms with Gasteiger partial charge >= 0.3 is 0 Å². The standard InChI is InChI=1S/C12H19N3OS/c1-7-3-4-15(6-8(7)2)10-5-9(13)11(17-10)12(14)16/h5,7-8H,3-4,6,13H2,1-2H3,(H2,14,16). The van der Waals surface area contributed by atoms with Crippen LogP contribution in [0.2, 0.25) is 0 Å². The van der Waals surface area contributed by atoms with Crippen LogP contribution in [0.15, 0.2) is 6.07 Å². The lowest BCUT2D eigenvalue weighted by Crippen LogP contribution is -2.37. The molecule has 1 aliphatic heterocycles. The van der Waals surface area contributed by atoms with E-state index >= 15 is 0 Å². The van der Waals surface area contributed by atoms with Crippen LogP contribution in [0.5, 0.6) is 0 Å². The van der Waals surface area contributed by atoms with E-state index in [1.54, 1.807) is 0 Å². The smallest absolute Gasteiger partial charge is 0.260 e. The lowest BCUT2D eigenvalue weighted by Gasteiger charge is -2.35. The van der Waals surface area contributed by atoms with Gasteiger partial charge in [-0.15, -0.1) is 11.3 Å². The highest BCUT2D eigenvalue weighted by Crippen LogP contribution is 2.35. The molecule has 0 aromatic carbocycles. The number of nitrogens with two attached hydrogens (primary N) is 2. The molecular weight excluding hydrogens is 234 g/mol. The van der Waals surface area contributed by atoms with Gasteiger partial charge in [0.15, 0.2) is 0 Å². The second-order valence-corrected chi connectivity index (χ2v) is 5.95. The van der Waals surface area contributed by atoms with Crippen LogP contribution in [0.3, 0.4) is 0 Å². The third-order valence-corrected chi connectivity index (χ3v) is 4.84. The third kappa shape index (κ3) is 2.39. The molecule has 4 N–H and O–H groups in total. The molecule has 0 aliphatic carbocycles. The van der Waals surface area contributed by atoms with Gasteiger partial charge in [-0.25, -0.2) is 0 Å². The van der Waals surface area contributed by atoms with Gasteiger partial charge in [-0.3, -0.25) is 4.79 Å². The fraction of sp³-hybridized carbons (Fsp3) is 0.583. The van der Waals surface area contributed by atoms with Gasteiger partial charge in [0.25, 0.3) is 5.91 Å². The van der Waals surface area contributed by atoms with Crippen molar-refractivity contribution < 1.29 is 4.79 Å². The number of primary amides is 1. The van der Waals surface area contributed by atoms with Crippen molar-refractivity contribution in [3.63, 3.8) is 0 Å². The highest BCUT2D eigenvalue weighted by atomic mass is 32.1. The zero-order chi connectivity index (χ0) is 12.6. The molecular formula is C12H19N3OS. The van der Waals surface area contributed by atoms with E-state index in [1.165, 1.54) is 17.8 Å². The summed E-state index contributed by atoms with van der Waals surface area (Å²) in [5.74, 6) is 1.00. The molecule has 2 unspecified atom stereocenters. The lowest BCUT2D eigenvalue weighted by atomic mass is 9.89. The number of anilines is 2. The molecule has 2 heterocycles. The Morgan fingerprint density at radius 2 is 2.18 bits per heavy atom. The molecule has 0 saturated carbocycles. The number of thiophene rings is 1. The van der Waals surface area contributed by atoms with E-state index in [0.29, 0.717) is 16.5 Å². The molecule has 1 aliphatic rings. The summed E-state index contributed by atoms with van der Waals surface area (Å²) in [7, 11) is 0. The second kappa shape index (κ2) is 4.56. The minimum atomic E-state index is -0.433. The molecule has 0 radical (unpaired) electrons. The molecule has 5 heteroatoms. The topological polar surface area (TPSA) is 72.3 Å². The van der Waals surface area contributed by atoms with Gasteiger partial charge in [0, 0.05) is 13.1 Å². The van der Waals surface area contributed by atoms with Crippen LogP contribution in [0.1, 0.15) is 29.9 Å². The fourth-order valence-electron chi connectivity index (χ4n) is 2.20. The van der Waals surface area contributed by atoms with Crippen molar-refractivity contribution in [1.29, 1.82) is 0 Å². The summed E-state index contributed by atoms with van der Waals surface area (Å²) in [5.41, 5.74) is 11.6. The maximum atomic E-state index is 11.2. The van der Waals surface area contributed by atoms with E-state index in [4.69, 9.17) is 11.5 Å². The minimum absolute atomic E-state index is 0.433. The highest BCUT2D eigenvalue weighted by molar-refractivity contribution is 7.18. The highest BCUT2D eigenvalue weighted by Gasteiger charge is 2.24. The number of carbonyl (C=O) groups is 1. The summed E-state index contributed by atoms with van der Waals surface area (Å²) < 4.78 is 0. The molecule has 1 amide bonds. The Labute approximate surface area is 106 Å². The van der Waals surface area contributed by atoms with Crippen molar-refractivity contribution in [3.05, 3.63) is 10.9 Å². The van der Waals surface area contributed by atoms with Gasteiger partial charge in [-0.1, -0.05) is 13.8 Å². The van der Waals surface area contributed by atoms with Crippen LogP contribution in [0, 0.1) is 11.8 Å². The van der Waals surface area contributed by atoms with Crippen molar-refractivity contribution in [1.82, 2.24) is 0 Å². The summed E-state index contributed by atoms with van der Waals surface area (Å²) in [6, 6.07) is 1.87. The largest absolute Gasteiger partial charge is 0.397 e. The maximum Gasteiger partial charge on any atom is 0.260 e. The summed E-state index contributed by atoms with van der Waals surface area (Å²) in [6.07, 6.45) is 1.19. The van der Waals surface area contributed by atoms with Crippen LogP contribution in [0.25, 0.3) is 0 Å². The molecule has 1 saturated heterocycles. The number of hydrogen-bond donors (Lipinski definition) is 2. The van der Waals surface area contributed by atoms with Gasteiger partial charge in [-0.05, 0) is 24.3 Å². The molecule has 94 valence electrons. The second-order valence-electron chi connectivity index (χ2n) is 4.92. The molecule has 1 aromatic heterocycles. The number of carbonyl (C=O) groups excluding carboxylic acids is 1. The SMILES string of the molecule is CC1CCN(c2cc(N)c(C(N)=O)s2)CC1C. The van der Waals surface area contributed by atoms with Gasteiger partial charge in [0.1, 0.15) is 4.88 Å². The van der Waals surface area contributed by atoms with Crippen molar-refractivity contribution >= 4 is 27.9 Å². The van der Waals surface area contributed by atoms with Gasteiger partial charge in [-0.2, -0.15) is 0 Å². The average molecular weight is 253 g/mol. The molecule has 0 spiro atoms. The number of hydrogen-bond acceptors (Lipinski definition) is 4. The number of nitrogens with zero attached hydrogens (tertiary/aromatic N) is 1. The minimum Gasteiger partial charge on any atom is -0.397 e. The predicted octanol–water partition coefficient (Wildman–Crippen LogP) is 1.91.